The Morgan fingerprint density at radius 1 is 0.750 bits per heavy atom. The number of aryl methyl sites for hydroxylation is 1. The second-order valence-electron chi connectivity index (χ2n) is 4.77. The molecule has 0 unspecified atom stereocenters. The molecule has 0 aliphatic heterocycles. The minimum Gasteiger partial charge on any atom is -0.508 e. The van der Waals surface area contributed by atoms with Gasteiger partial charge in [-0.25, -0.2) is 0 Å². The van der Waals surface area contributed by atoms with Crippen LogP contribution in [0.3, 0.4) is 0 Å². The van der Waals surface area contributed by atoms with Crippen LogP contribution in [0.4, 0.5) is 0 Å². The fourth-order valence-corrected chi connectivity index (χ4v) is 1.89. The largest absolute Gasteiger partial charge is 0.508 e. The van der Waals surface area contributed by atoms with Crippen LogP contribution >= 0.6 is 0 Å². The molecule has 0 radical (unpaired) electrons. The van der Waals surface area contributed by atoms with Gasteiger partial charge in [-0.05, 0) is 36.6 Å². The van der Waals surface area contributed by atoms with Crippen molar-refractivity contribution in [3.63, 3.8) is 0 Å². The van der Waals surface area contributed by atoms with E-state index < -0.39 is 0 Å². The molecule has 2 aromatic rings. The maximum Gasteiger partial charge on any atom is 0.118 e. The van der Waals surface area contributed by atoms with Crippen LogP contribution in [0.5, 0.6) is 11.5 Å². The summed E-state index contributed by atoms with van der Waals surface area (Å²) in [6.45, 7) is 2.21. The molecule has 0 fully saturated rings. The zero-order valence-corrected chi connectivity index (χ0v) is 12.1. The molecule has 0 aromatic heterocycles. The number of rotatable bonds is 5. The lowest BCUT2D eigenvalue weighted by molar-refractivity contribution is 0.466. The molecule has 0 saturated heterocycles. The van der Waals surface area contributed by atoms with E-state index in [9.17, 15) is 5.11 Å². The van der Waals surface area contributed by atoms with Gasteiger partial charge < -0.3 is 10.2 Å². The number of phenolic OH excluding ortho intramolecular Hbond substituents is 2. The van der Waals surface area contributed by atoms with Gasteiger partial charge in [0.2, 0.25) is 0 Å². The van der Waals surface area contributed by atoms with Crippen LogP contribution in [0.1, 0.15) is 38.2 Å². The molecule has 108 valence electrons. The van der Waals surface area contributed by atoms with E-state index >= 15 is 0 Å². The predicted molar refractivity (Wildman–Crippen MR) is 84.1 cm³/mol. The van der Waals surface area contributed by atoms with Crippen molar-refractivity contribution in [2.45, 2.75) is 39.0 Å². The second-order valence-corrected chi connectivity index (χ2v) is 4.77. The van der Waals surface area contributed by atoms with Crippen LogP contribution in [0, 0.1) is 0 Å². The highest BCUT2D eigenvalue weighted by Crippen LogP contribution is 2.18. The summed E-state index contributed by atoms with van der Waals surface area (Å²) >= 11 is 0. The Hall–Kier alpha value is -1.96. The van der Waals surface area contributed by atoms with Gasteiger partial charge in [0.25, 0.3) is 0 Å². The standard InChI is InChI=1S/C12H18O.C6H6O/c1-2-3-4-5-8-11-9-6-7-10-12(11)13;7-6-4-2-1-3-5-6/h6-7,9-10,13H,2-5,8H2,1H3;1-5,7H. The monoisotopic (exact) mass is 272 g/mol. The van der Waals surface area contributed by atoms with Gasteiger partial charge in [0.05, 0.1) is 0 Å². The van der Waals surface area contributed by atoms with Gasteiger partial charge in [-0.15, -0.1) is 0 Å². The van der Waals surface area contributed by atoms with Crippen molar-refractivity contribution in [1.29, 1.82) is 0 Å². The molecular weight excluding hydrogens is 248 g/mol. The SMILES string of the molecule is CCCCCCc1ccccc1O.Oc1ccccc1. The van der Waals surface area contributed by atoms with Crippen molar-refractivity contribution < 1.29 is 10.2 Å². The van der Waals surface area contributed by atoms with E-state index in [1.165, 1.54) is 25.7 Å². The summed E-state index contributed by atoms with van der Waals surface area (Å²) in [6, 6.07) is 16.3. The third kappa shape index (κ3) is 6.83. The van der Waals surface area contributed by atoms with Crippen LogP contribution in [0.25, 0.3) is 0 Å². The Morgan fingerprint density at radius 3 is 1.95 bits per heavy atom. The summed E-state index contributed by atoms with van der Waals surface area (Å²) in [6.07, 6.45) is 6.03. The Kier molecular flexibility index (Phi) is 7.97. The number of hydrogen-bond acceptors (Lipinski definition) is 2. The average molecular weight is 272 g/mol. The lowest BCUT2D eigenvalue weighted by atomic mass is 10.1. The first kappa shape index (κ1) is 16.1. The minimum absolute atomic E-state index is 0.322. The highest BCUT2D eigenvalue weighted by molar-refractivity contribution is 5.31. The van der Waals surface area contributed by atoms with Gasteiger partial charge >= 0.3 is 0 Å². The van der Waals surface area contributed by atoms with Crippen molar-refractivity contribution in [3.8, 4) is 11.5 Å². The van der Waals surface area contributed by atoms with E-state index in [1.807, 2.05) is 24.3 Å². The lowest BCUT2D eigenvalue weighted by Gasteiger charge is -2.03. The number of phenols is 2. The Balaban J connectivity index is 0.000000240. The average Bonchev–Trinajstić information content (AvgIpc) is 2.47. The molecule has 0 saturated carbocycles. The van der Waals surface area contributed by atoms with Crippen molar-refractivity contribution >= 4 is 0 Å². The molecule has 0 heterocycles. The molecule has 2 nitrogen and oxygen atoms in total. The molecule has 0 aliphatic carbocycles. The highest BCUT2D eigenvalue weighted by Gasteiger charge is 1.98. The van der Waals surface area contributed by atoms with Gasteiger partial charge in [0, 0.05) is 0 Å². The van der Waals surface area contributed by atoms with Gasteiger partial charge in [-0.2, -0.15) is 0 Å². The van der Waals surface area contributed by atoms with E-state index in [2.05, 4.69) is 6.92 Å². The van der Waals surface area contributed by atoms with Gasteiger partial charge in [0.1, 0.15) is 11.5 Å². The fourth-order valence-electron chi connectivity index (χ4n) is 1.89. The third-order valence-corrected chi connectivity index (χ3v) is 3.05. The van der Waals surface area contributed by atoms with E-state index in [1.54, 1.807) is 30.3 Å². The van der Waals surface area contributed by atoms with Gasteiger partial charge in [-0.1, -0.05) is 62.6 Å². The lowest BCUT2D eigenvalue weighted by Crippen LogP contribution is -1.86. The Bertz CT molecular complexity index is 466. The van der Waals surface area contributed by atoms with E-state index in [-0.39, 0.29) is 0 Å². The van der Waals surface area contributed by atoms with Gasteiger partial charge in [0.15, 0.2) is 0 Å². The molecule has 2 N–H and O–H groups in total. The minimum atomic E-state index is 0.322. The third-order valence-electron chi connectivity index (χ3n) is 3.05. The predicted octanol–water partition coefficient (Wildman–Crippen LogP) is 4.91. The molecule has 2 aromatic carbocycles. The summed E-state index contributed by atoms with van der Waals surface area (Å²) < 4.78 is 0. The highest BCUT2D eigenvalue weighted by atomic mass is 16.3. The summed E-state index contributed by atoms with van der Waals surface area (Å²) in [5.74, 6) is 0.765. The first-order chi connectivity index (χ1) is 9.74. The van der Waals surface area contributed by atoms with Crippen LogP contribution in [-0.4, -0.2) is 10.2 Å². The molecule has 0 bridgehead atoms. The first-order valence-electron chi connectivity index (χ1n) is 7.25. The summed E-state index contributed by atoms with van der Waals surface area (Å²) in [4.78, 5) is 0. The summed E-state index contributed by atoms with van der Waals surface area (Å²) in [7, 11) is 0. The molecule has 20 heavy (non-hydrogen) atoms. The van der Waals surface area contributed by atoms with Crippen LogP contribution in [0.15, 0.2) is 54.6 Å². The topological polar surface area (TPSA) is 40.5 Å². The molecule has 0 aliphatic rings. The fraction of sp³-hybridized carbons (Fsp3) is 0.333. The number of aromatic hydroxyl groups is 2. The van der Waals surface area contributed by atoms with Crippen molar-refractivity contribution in [3.05, 3.63) is 60.2 Å². The smallest absolute Gasteiger partial charge is 0.118 e. The zero-order chi connectivity index (χ0) is 14.6. The van der Waals surface area contributed by atoms with Crippen molar-refractivity contribution in [2.24, 2.45) is 0 Å². The molecular formula is C18H24O2. The molecule has 0 amide bonds. The van der Waals surface area contributed by atoms with Gasteiger partial charge in [-0.3, -0.25) is 0 Å². The number of para-hydroxylation sites is 2. The zero-order valence-electron chi connectivity index (χ0n) is 12.1. The van der Waals surface area contributed by atoms with Crippen LogP contribution < -0.4 is 0 Å². The van der Waals surface area contributed by atoms with Crippen LogP contribution in [-0.2, 0) is 6.42 Å². The van der Waals surface area contributed by atoms with Crippen molar-refractivity contribution in [2.75, 3.05) is 0 Å². The molecule has 2 heteroatoms. The Labute approximate surface area is 121 Å². The van der Waals surface area contributed by atoms with Crippen molar-refractivity contribution in [1.82, 2.24) is 0 Å². The van der Waals surface area contributed by atoms with Crippen LogP contribution in [0.2, 0.25) is 0 Å². The quantitative estimate of drug-likeness (QED) is 0.759. The maximum absolute atomic E-state index is 9.47. The normalized spacial score (nSPS) is 9.65. The number of benzene rings is 2. The number of unbranched alkanes of at least 4 members (excludes halogenated alkanes) is 3. The second kappa shape index (κ2) is 9.90. The van der Waals surface area contributed by atoms with E-state index in [0.29, 0.717) is 11.5 Å². The van der Waals surface area contributed by atoms with E-state index in [0.717, 1.165) is 12.0 Å². The van der Waals surface area contributed by atoms with E-state index in [4.69, 9.17) is 5.11 Å². The maximum atomic E-state index is 9.47. The molecule has 2 rings (SSSR count). The molecule has 0 spiro atoms. The first-order valence-corrected chi connectivity index (χ1v) is 7.25. The summed E-state index contributed by atoms with van der Waals surface area (Å²) in [5, 5.41) is 18.1. The molecule has 0 atom stereocenters. The number of hydrogen-bond donors (Lipinski definition) is 2. The Morgan fingerprint density at radius 2 is 1.40 bits per heavy atom. The summed E-state index contributed by atoms with van der Waals surface area (Å²) in [5.41, 5.74) is 1.08.